The Hall–Kier alpha value is -20.3. The Morgan fingerprint density at radius 1 is 0.133 bits per heavy atom. The zero-order chi connectivity index (χ0) is 98.8. The van der Waals surface area contributed by atoms with Crippen LogP contribution in [0.15, 0.2) is 531 Å². The second kappa shape index (κ2) is 35.9. The molecule has 30 rings (SSSR count). The molecule has 150 heavy (non-hydrogen) atoms. The van der Waals surface area contributed by atoms with Gasteiger partial charge in [0.2, 0.25) is 0 Å². The van der Waals surface area contributed by atoms with Crippen molar-refractivity contribution < 1.29 is 8.83 Å². The fraction of sp³-hybridized carbons (Fsp3) is 0. The van der Waals surface area contributed by atoms with Crippen molar-refractivity contribution in [3.8, 4) is 158 Å². The van der Waals surface area contributed by atoms with E-state index >= 15 is 0 Å². The lowest BCUT2D eigenvalue weighted by Gasteiger charge is -2.14. The van der Waals surface area contributed by atoms with Gasteiger partial charge >= 0.3 is 0 Å². The number of benzene rings is 22. The molecule has 0 saturated carbocycles. The third kappa shape index (κ3) is 14.7. The van der Waals surface area contributed by atoms with E-state index < -0.39 is 0 Å². The van der Waals surface area contributed by atoms with Crippen molar-refractivity contribution in [3.05, 3.63) is 522 Å². The van der Waals surface area contributed by atoms with E-state index in [1.807, 2.05) is 24.3 Å². The van der Waals surface area contributed by atoms with Crippen molar-refractivity contribution in [2.75, 3.05) is 0 Å². The summed E-state index contributed by atoms with van der Waals surface area (Å²) >= 11 is 0. The predicted octanol–water partition coefficient (Wildman–Crippen LogP) is 35.9. The zero-order valence-electron chi connectivity index (χ0n) is 80.9. The van der Waals surface area contributed by atoms with E-state index in [0.717, 1.165) is 243 Å². The summed E-state index contributed by atoms with van der Waals surface area (Å²) in [5, 5.41) is 13.4. The highest BCUT2D eigenvalue weighted by atomic mass is 16.3. The fourth-order valence-electron chi connectivity index (χ4n) is 22.5. The Labute approximate surface area is 861 Å². The minimum atomic E-state index is 0.578. The van der Waals surface area contributed by atoms with Gasteiger partial charge in [-0.25, -0.2) is 29.9 Å². The number of nitrogens with zero attached hydrogens (tertiary/aromatic N) is 10. The van der Waals surface area contributed by atoms with E-state index in [4.69, 9.17) is 38.7 Å². The molecule has 0 spiro atoms. The molecule has 0 aliphatic rings. The lowest BCUT2D eigenvalue weighted by atomic mass is 10.0. The number of para-hydroxylation sites is 6. The number of aromatic nitrogens is 10. The van der Waals surface area contributed by atoms with Gasteiger partial charge in [0.05, 0.1) is 55.5 Å². The van der Waals surface area contributed by atoms with Crippen LogP contribution in [0, 0.1) is 0 Å². The molecule has 8 heterocycles. The molecule has 0 fully saturated rings. The van der Waals surface area contributed by atoms with Crippen LogP contribution in [0.1, 0.15) is 0 Å². The molecule has 12 nitrogen and oxygen atoms in total. The Kier molecular flexibility index (Phi) is 20.7. The first-order chi connectivity index (χ1) is 74.4. The van der Waals surface area contributed by atoms with Crippen LogP contribution in [-0.2, 0) is 0 Å². The van der Waals surface area contributed by atoms with Gasteiger partial charge in [-0.3, -0.25) is 0 Å². The Morgan fingerprint density at radius 3 is 0.707 bits per heavy atom. The van der Waals surface area contributed by atoms with E-state index in [2.05, 4.69) is 516 Å². The van der Waals surface area contributed by atoms with Gasteiger partial charge in [0, 0.05) is 121 Å². The average Bonchev–Trinajstić information content (AvgIpc) is 1.54. The molecule has 0 radical (unpaired) electrons. The fourth-order valence-corrected chi connectivity index (χ4v) is 22.5. The first kappa shape index (κ1) is 86.3. The molecule has 0 aliphatic heterocycles. The lowest BCUT2D eigenvalue weighted by Crippen LogP contribution is -2.01. The third-order valence-corrected chi connectivity index (χ3v) is 29.6. The Bertz CT molecular complexity index is 10400. The van der Waals surface area contributed by atoms with Gasteiger partial charge in [-0.2, -0.15) is 0 Å². The largest absolute Gasteiger partial charge is 0.452 e. The monoisotopic (exact) mass is 1910 g/mol. The topological polar surface area (TPSA) is 123 Å². The van der Waals surface area contributed by atoms with E-state index in [1.165, 1.54) is 10.8 Å². The average molecular weight is 1920 g/mol. The van der Waals surface area contributed by atoms with Gasteiger partial charge in [-0.1, -0.05) is 419 Å². The van der Waals surface area contributed by atoms with Crippen LogP contribution < -0.4 is 0 Å². The van der Waals surface area contributed by atoms with Gasteiger partial charge in [0.15, 0.2) is 57.3 Å². The maximum atomic E-state index is 7.46. The summed E-state index contributed by atoms with van der Waals surface area (Å²) in [4.78, 5) is 31.2. The van der Waals surface area contributed by atoms with Crippen LogP contribution >= 0.6 is 0 Å². The van der Waals surface area contributed by atoms with Crippen molar-refractivity contribution in [1.29, 1.82) is 0 Å². The van der Waals surface area contributed by atoms with Crippen LogP contribution in [0.3, 0.4) is 0 Å². The summed E-state index contributed by atoms with van der Waals surface area (Å²) in [6.07, 6.45) is 0. The summed E-state index contributed by atoms with van der Waals surface area (Å²) in [5.41, 5.74) is 35.1. The molecule has 0 amide bonds. The van der Waals surface area contributed by atoms with Gasteiger partial charge < -0.3 is 27.1 Å². The molecule has 700 valence electrons. The highest BCUT2D eigenvalue weighted by molar-refractivity contribution is 6.29. The van der Waals surface area contributed by atoms with Crippen molar-refractivity contribution in [2.45, 2.75) is 0 Å². The summed E-state index contributed by atoms with van der Waals surface area (Å²) < 4.78 is 24.4. The maximum Gasteiger partial charge on any atom is 0.164 e. The van der Waals surface area contributed by atoms with Crippen molar-refractivity contribution in [3.63, 3.8) is 0 Å². The standard InChI is InChI=1S/2C69H43N5O/c1-4-18-44(19-5-1)46-34-36-48(37-35-46)67-70-68(50-25-16-24-49(42-50)45-20-6-2-7-21-45)72-69(71-67)51-26-17-27-52(43-51)73-61-32-14-11-29-54(61)56-38-40-58-59-41-39-57-55-30-12-15-33-62(55)74(64(57)66(59)75-65(58)63(56)73)60-31-13-10-28-53(60)47-22-8-3-9-23-47;1-4-16-44(17-5-1)46-28-32-49(33-29-46)67-70-68(50-34-30-47(31-35-50)45-18-6-2-7-19-45)72-69(71-67)51-36-38-52(39-37-51)73-61-26-14-11-23-54(61)56-40-42-58-59-43-41-57-55-24-12-15-27-62(55)74(64(57)66(59)75-65(58)63(56)73)60-25-13-10-22-53(60)48-20-8-3-9-21-48/h2*1-43H. The first-order valence-corrected chi connectivity index (χ1v) is 50.7. The van der Waals surface area contributed by atoms with Crippen LogP contribution in [0.25, 0.3) is 289 Å². The number of hydrogen-bond donors (Lipinski definition) is 0. The molecule has 22 aromatic carbocycles. The molecule has 0 saturated heterocycles. The maximum absolute atomic E-state index is 7.46. The predicted molar refractivity (Wildman–Crippen MR) is 617 cm³/mol. The molecule has 30 aromatic rings. The minimum Gasteiger partial charge on any atom is -0.452 e. The molecule has 12 heteroatoms. The minimum absolute atomic E-state index is 0.578. The SMILES string of the molecule is c1ccc(-c2ccc(-c3nc(-c4ccc(-c5ccccc5)cc4)nc(-c4ccc(-n5c6ccccc6c6ccc7c8ccc9c%10ccccc%10n(-c%10ccccc%10-c%10ccccc%10)c9c8oc7c65)cc4)n3)cc2)cc1.c1ccc(-c2ccc(-c3nc(-c4cccc(-c5ccccc5)c4)nc(-c4cccc(-n5c6ccccc6c6ccc7c8ccc9c%10ccccc%10n(-c%10ccccc%10-c%10ccccc%10)c9c8oc7c65)c4)n3)cc2)cc1. The summed E-state index contributed by atoms with van der Waals surface area (Å²) in [5.74, 6) is 3.59. The van der Waals surface area contributed by atoms with Gasteiger partial charge in [0.1, 0.15) is 0 Å². The quantitative estimate of drug-likeness (QED) is 0.0937. The van der Waals surface area contributed by atoms with Gasteiger partial charge in [-0.15, -0.1) is 0 Å². The Balaban J connectivity index is 0.000000141. The molecule has 0 atom stereocenters. The second-order valence-electron chi connectivity index (χ2n) is 38.2. The highest BCUT2D eigenvalue weighted by Crippen LogP contribution is 2.50. The smallest absolute Gasteiger partial charge is 0.164 e. The van der Waals surface area contributed by atoms with Crippen molar-refractivity contribution in [1.82, 2.24) is 48.2 Å². The van der Waals surface area contributed by atoms with E-state index in [1.54, 1.807) is 0 Å². The van der Waals surface area contributed by atoms with E-state index in [-0.39, 0.29) is 0 Å². The van der Waals surface area contributed by atoms with Crippen LogP contribution in [-0.4, -0.2) is 48.2 Å². The van der Waals surface area contributed by atoms with Gasteiger partial charge in [0.25, 0.3) is 0 Å². The van der Waals surface area contributed by atoms with Crippen LogP contribution in [0.5, 0.6) is 0 Å². The molecular weight excluding hydrogens is 1830 g/mol. The molecule has 0 N–H and O–H groups in total. The van der Waals surface area contributed by atoms with Crippen molar-refractivity contribution >= 4 is 131 Å². The lowest BCUT2D eigenvalue weighted by molar-refractivity contribution is 0.673. The number of furan rings is 2. The van der Waals surface area contributed by atoms with Crippen LogP contribution in [0.2, 0.25) is 0 Å². The normalized spacial score (nSPS) is 11.7. The number of hydrogen-bond acceptors (Lipinski definition) is 8. The Morgan fingerprint density at radius 2 is 0.360 bits per heavy atom. The molecule has 8 aromatic heterocycles. The number of fused-ring (bicyclic) bond motifs is 22. The molecule has 0 unspecified atom stereocenters. The van der Waals surface area contributed by atoms with Gasteiger partial charge in [-0.05, 0) is 159 Å². The van der Waals surface area contributed by atoms with E-state index in [0.29, 0.717) is 34.9 Å². The molecule has 0 aliphatic carbocycles. The zero-order valence-corrected chi connectivity index (χ0v) is 80.9. The first-order valence-electron chi connectivity index (χ1n) is 50.7. The summed E-state index contributed by atoms with van der Waals surface area (Å²) in [6, 6.07) is 184. The van der Waals surface area contributed by atoms with Crippen molar-refractivity contribution in [2.24, 2.45) is 0 Å². The third-order valence-electron chi connectivity index (χ3n) is 29.6. The highest BCUT2D eigenvalue weighted by Gasteiger charge is 2.29. The van der Waals surface area contributed by atoms with Crippen LogP contribution in [0.4, 0.5) is 0 Å². The number of rotatable bonds is 16. The molecule has 0 bridgehead atoms. The second-order valence-corrected chi connectivity index (χ2v) is 38.2. The van der Waals surface area contributed by atoms with E-state index in [9.17, 15) is 0 Å². The molecular formula is C138H86N10O2. The summed E-state index contributed by atoms with van der Waals surface area (Å²) in [7, 11) is 0. The summed E-state index contributed by atoms with van der Waals surface area (Å²) in [6.45, 7) is 0.